The van der Waals surface area contributed by atoms with Crippen molar-refractivity contribution in [1.82, 2.24) is 4.98 Å². The molecule has 1 fully saturated rings. The molecule has 4 rings (SSSR count). The number of thiazole rings is 1. The van der Waals surface area contributed by atoms with Crippen molar-refractivity contribution in [3.05, 3.63) is 53.7 Å². The fourth-order valence-corrected chi connectivity index (χ4v) is 6.90. The first kappa shape index (κ1) is 26.5. The zero-order valence-electron chi connectivity index (χ0n) is 21.8. The number of aryl methyl sites for hydroxylation is 1. The maximum atomic E-state index is 13.4. The molecule has 1 saturated carbocycles. The van der Waals surface area contributed by atoms with Crippen molar-refractivity contribution in [2.24, 2.45) is 0 Å². The number of anilines is 2. The summed E-state index contributed by atoms with van der Waals surface area (Å²) in [5, 5.41) is 4.51. The molecule has 2 aromatic carbocycles. The number of hydrogen-bond donors (Lipinski definition) is 2. The Bertz CT molecular complexity index is 1280. The second-order valence-electron chi connectivity index (χ2n) is 10.6. The molecule has 0 radical (unpaired) electrons. The lowest BCUT2D eigenvalue weighted by Crippen LogP contribution is -2.17. The summed E-state index contributed by atoms with van der Waals surface area (Å²) in [6.45, 7) is 8.35. The van der Waals surface area contributed by atoms with Gasteiger partial charge in [0.25, 0.3) is 10.0 Å². The molecule has 2 N–H and O–H groups in total. The predicted molar refractivity (Wildman–Crippen MR) is 150 cm³/mol. The van der Waals surface area contributed by atoms with E-state index in [-0.39, 0.29) is 10.3 Å². The molecule has 8 heteroatoms. The van der Waals surface area contributed by atoms with E-state index in [0.717, 1.165) is 26.8 Å². The smallest absolute Gasteiger partial charge is 0.265 e. The normalized spacial score (nSPS) is 15.4. The molecule has 1 aromatic heterocycles. The van der Waals surface area contributed by atoms with E-state index in [1.54, 1.807) is 35.6 Å². The third-order valence-corrected chi connectivity index (χ3v) is 9.24. The molecule has 0 bridgehead atoms. The molecule has 3 aromatic rings. The molecule has 194 valence electrons. The van der Waals surface area contributed by atoms with Gasteiger partial charge in [0.15, 0.2) is 5.13 Å². The highest BCUT2D eigenvalue weighted by Crippen LogP contribution is 2.38. The Morgan fingerprint density at radius 2 is 1.67 bits per heavy atom. The highest BCUT2D eigenvalue weighted by atomic mass is 32.2. The molecular weight excluding hydrogens is 490 g/mol. The summed E-state index contributed by atoms with van der Waals surface area (Å²) in [7, 11) is -2.39. The molecule has 1 heterocycles. The van der Waals surface area contributed by atoms with E-state index in [1.807, 2.05) is 25.1 Å². The average molecular weight is 528 g/mol. The van der Waals surface area contributed by atoms with Gasteiger partial charge >= 0.3 is 0 Å². The first-order valence-corrected chi connectivity index (χ1v) is 14.9. The van der Waals surface area contributed by atoms with Gasteiger partial charge in [-0.25, -0.2) is 13.4 Å². The van der Waals surface area contributed by atoms with E-state index in [4.69, 9.17) is 9.72 Å². The highest BCUT2D eigenvalue weighted by Gasteiger charge is 2.23. The fraction of sp³-hybridized carbons (Fsp3) is 0.464. The Morgan fingerprint density at radius 1 is 1.00 bits per heavy atom. The van der Waals surface area contributed by atoms with Crippen LogP contribution < -0.4 is 14.8 Å². The zero-order chi connectivity index (χ0) is 25.9. The number of methoxy groups -OCH3 is 1. The highest BCUT2D eigenvalue weighted by molar-refractivity contribution is 7.92. The quantitative estimate of drug-likeness (QED) is 0.314. The molecule has 0 saturated heterocycles. The molecule has 1 aliphatic rings. The molecule has 0 aliphatic heterocycles. The summed E-state index contributed by atoms with van der Waals surface area (Å²) in [6, 6.07) is 13.2. The monoisotopic (exact) mass is 527 g/mol. The first-order valence-electron chi connectivity index (χ1n) is 12.6. The lowest BCUT2D eigenvalue weighted by Gasteiger charge is -2.19. The van der Waals surface area contributed by atoms with Crippen molar-refractivity contribution < 1.29 is 13.2 Å². The summed E-state index contributed by atoms with van der Waals surface area (Å²) in [6.07, 6.45) is 7.44. The largest absolute Gasteiger partial charge is 0.495 e. The fourth-order valence-electron chi connectivity index (χ4n) is 4.60. The van der Waals surface area contributed by atoms with Crippen molar-refractivity contribution >= 4 is 32.2 Å². The minimum atomic E-state index is -3.87. The van der Waals surface area contributed by atoms with Crippen LogP contribution in [-0.4, -0.2) is 26.6 Å². The van der Waals surface area contributed by atoms with E-state index in [2.05, 4.69) is 30.8 Å². The number of hydrogen-bond acceptors (Lipinski definition) is 6. The van der Waals surface area contributed by atoms with Gasteiger partial charge in [-0.3, -0.25) is 4.72 Å². The Kier molecular flexibility index (Phi) is 7.95. The number of aromatic nitrogens is 1. The summed E-state index contributed by atoms with van der Waals surface area (Å²) < 4.78 is 35.0. The maximum absolute atomic E-state index is 13.4. The van der Waals surface area contributed by atoms with E-state index in [0.29, 0.717) is 17.5 Å². The van der Waals surface area contributed by atoms with Crippen LogP contribution in [0.4, 0.5) is 10.8 Å². The molecular formula is C28H37N3O3S2. The van der Waals surface area contributed by atoms with Crippen LogP contribution >= 0.6 is 11.3 Å². The van der Waals surface area contributed by atoms with Crippen molar-refractivity contribution in [2.45, 2.75) is 82.6 Å². The molecule has 6 nitrogen and oxygen atoms in total. The van der Waals surface area contributed by atoms with Crippen molar-refractivity contribution in [3.63, 3.8) is 0 Å². The Labute approximate surface area is 219 Å². The SMILES string of the molecule is COc1ccc(-c2sc(NC3CCCCCC3)nc2C)cc1S(=O)(=O)Nc1ccc(C(C)(C)C)cc1. The third-order valence-electron chi connectivity index (χ3n) is 6.70. The molecule has 0 spiro atoms. The third kappa shape index (κ3) is 6.21. The topological polar surface area (TPSA) is 80.3 Å². The van der Waals surface area contributed by atoms with Crippen LogP contribution in [0, 0.1) is 6.92 Å². The molecule has 36 heavy (non-hydrogen) atoms. The number of nitrogens with one attached hydrogen (secondary N) is 2. The van der Waals surface area contributed by atoms with Gasteiger partial charge in [-0.2, -0.15) is 0 Å². The van der Waals surface area contributed by atoms with Gasteiger partial charge in [0.2, 0.25) is 0 Å². The average Bonchev–Trinajstić information content (AvgIpc) is 3.01. The van der Waals surface area contributed by atoms with Crippen LogP contribution in [0.2, 0.25) is 0 Å². The van der Waals surface area contributed by atoms with Crippen LogP contribution in [0.5, 0.6) is 5.75 Å². The van der Waals surface area contributed by atoms with Crippen LogP contribution in [0.1, 0.15) is 70.6 Å². The number of ether oxygens (including phenoxy) is 1. The van der Waals surface area contributed by atoms with Gasteiger partial charge in [0.05, 0.1) is 17.7 Å². The van der Waals surface area contributed by atoms with Gasteiger partial charge in [-0.15, -0.1) is 0 Å². The molecule has 0 unspecified atom stereocenters. The molecule has 0 amide bonds. The number of rotatable bonds is 7. The van der Waals surface area contributed by atoms with Gasteiger partial charge in [-0.05, 0) is 66.6 Å². The van der Waals surface area contributed by atoms with Gasteiger partial charge in [0.1, 0.15) is 10.6 Å². The Balaban J connectivity index is 1.60. The number of sulfonamides is 1. The van der Waals surface area contributed by atoms with Crippen molar-refractivity contribution in [1.29, 1.82) is 0 Å². The molecule has 1 aliphatic carbocycles. The molecule has 0 atom stereocenters. The summed E-state index contributed by atoms with van der Waals surface area (Å²) in [4.78, 5) is 5.82. The predicted octanol–water partition coefficient (Wildman–Crippen LogP) is 7.36. The Hall–Kier alpha value is -2.58. The second-order valence-corrected chi connectivity index (χ2v) is 13.2. The van der Waals surface area contributed by atoms with Crippen LogP contribution in [0.25, 0.3) is 10.4 Å². The minimum absolute atomic E-state index is 0.00845. The summed E-state index contributed by atoms with van der Waals surface area (Å²) in [5.74, 6) is 0.302. The van der Waals surface area contributed by atoms with Crippen molar-refractivity contribution in [3.8, 4) is 16.2 Å². The number of benzene rings is 2. The van der Waals surface area contributed by atoms with E-state index < -0.39 is 10.0 Å². The minimum Gasteiger partial charge on any atom is -0.495 e. The maximum Gasteiger partial charge on any atom is 0.265 e. The summed E-state index contributed by atoms with van der Waals surface area (Å²) in [5.41, 5.74) is 3.34. The first-order chi connectivity index (χ1) is 17.1. The van der Waals surface area contributed by atoms with Crippen molar-refractivity contribution in [2.75, 3.05) is 17.1 Å². The van der Waals surface area contributed by atoms with E-state index >= 15 is 0 Å². The lowest BCUT2D eigenvalue weighted by atomic mass is 9.87. The van der Waals surface area contributed by atoms with Crippen LogP contribution in [-0.2, 0) is 15.4 Å². The summed E-state index contributed by atoms with van der Waals surface area (Å²) >= 11 is 1.58. The standard InChI is InChI=1S/C28H37N3O3S2/c1-19-26(35-27(29-19)30-22-10-8-6-7-9-11-22)20-12-17-24(34-5)25(18-20)36(32,33)31-23-15-13-21(14-16-23)28(2,3)4/h12-18,22,31H,6-11H2,1-5H3,(H,29,30). The zero-order valence-corrected chi connectivity index (χ0v) is 23.5. The van der Waals surface area contributed by atoms with Gasteiger partial charge < -0.3 is 10.1 Å². The van der Waals surface area contributed by atoms with Gasteiger partial charge in [0, 0.05) is 11.7 Å². The van der Waals surface area contributed by atoms with Crippen LogP contribution in [0.3, 0.4) is 0 Å². The second kappa shape index (κ2) is 10.8. The number of nitrogens with zero attached hydrogens (tertiary/aromatic N) is 1. The van der Waals surface area contributed by atoms with Crippen LogP contribution in [0.15, 0.2) is 47.4 Å². The Morgan fingerprint density at radius 3 is 2.28 bits per heavy atom. The van der Waals surface area contributed by atoms with E-state index in [9.17, 15) is 8.42 Å². The van der Waals surface area contributed by atoms with E-state index in [1.165, 1.54) is 45.6 Å². The lowest BCUT2D eigenvalue weighted by molar-refractivity contribution is 0.403. The van der Waals surface area contributed by atoms with Gasteiger partial charge in [-0.1, -0.05) is 69.9 Å².